The van der Waals surface area contributed by atoms with E-state index in [0.29, 0.717) is 0 Å². The molecular weight excluding hydrogens is 711 g/mol. The lowest BCUT2D eigenvalue weighted by atomic mass is 9.90. The number of thiophene rings is 1. The van der Waals surface area contributed by atoms with Crippen LogP contribution in [0.4, 0.5) is 0 Å². The van der Waals surface area contributed by atoms with Crippen LogP contribution in [0.25, 0.3) is 104 Å². The second kappa shape index (κ2) is 12.8. The molecule has 0 radical (unpaired) electrons. The number of fused-ring (bicyclic) bond motifs is 11. The standard InChI is InChI=1S/C53H35N3S/c1-4-14-34(15-5-1)37-26-30-46-43(32-37)50-51(42-21-11-10-20-41(42)49-44-33-38(35-16-6-2-7-17-35)27-31-48(44)57-52(49)50)55(46)40-28-24-36(25-29-40)53-54-45-22-12-13-23-47(45)56(53)39-18-8-3-9-19-39/h1-10,12-20,22-33H,11,21H2. The predicted molar refractivity (Wildman–Crippen MR) is 242 cm³/mol. The van der Waals surface area contributed by atoms with E-state index in [-0.39, 0.29) is 0 Å². The van der Waals surface area contributed by atoms with Crippen LogP contribution in [0.15, 0.2) is 182 Å². The van der Waals surface area contributed by atoms with Crippen molar-refractivity contribution in [1.82, 2.24) is 14.1 Å². The van der Waals surface area contributed by atoms with Gasteiger partial charge in [-0.05, 0) is 119 Å². The molecule has 1 aliphatic rings. The van der Waals surface area contributed by atoms with E-state index >= 15 is 0 Å². The Labute approximate surface area is 334 Å². The van der Waals surface area contributed by atoms with Crippen molar-refractivity contribution in [2.24, 2.45) is 0 Å². The number of para-hydroxylation sites is 3. The molecule has 0 bridgehead atoms. The summed E-state index contributed by atoms with van der Waals surface area (Å²) in [5.74, 6) is 0.938. The molecule has 57 heavy (non-hydrogen) atoms. The van der Waals surface area contributed by atoms with Crippen LogP contribution in [0.3, 0.4) is 0 Å². The minimum atomic E-state index is 0.938. The number of aromatic nitrogens is 3. The van der Waals surface area contributed by atoms with E-state index in [2.05, 4.69) is 197 Å². The maximum absolute atomic E-state index is 5.18. The van der Waals surface area contributed by atoms with Crippen LogP contribution in [-0.2, 0) is 6.42 Å². The van der Waals surface area contributed by atoms with Gasteiger partial charge in [0.25, 0.3) is 0 Å². The molecule has 0 N–H and O–H groups in total. The van der Waals surface area contributed by atoms with Crippen LogP contribution in [-0.4, -0.2) is 14.1 Å². The molecule has 11 aromatic rings. The average Bonchev–Trinajstić information content (AvgIpc) is 3.97. The molecule has 3 nitrogen and oxygen atoms in total. The van der Waals surface area contributed by atoms with Crippen LogP contribution in [0.2, 0.25) is 0 Å². The van der Waals surface area contributed by atoms with Crippen LogP contribution >= 0.6 is 11.3 Å². The molecule has 0 amide bonds. The number of benzene rings is 8. The van der Waals surface area contributed by atoms with Gasteiger partial charge in [0.05, 0.1) is 22.1 Å². The Balaban J connectivity index is 1.13. The maximum atomic E-state index is 5.18. The Morgan fingerprint density at radius 3 is 1.88 bits per heavy atom. The van der Waals surface area contributed by atoms with Gasteiger partial charge >= 0.3 is 0 Å². The van der Waals surface area contributed by atoms with Crippen molar-refractivity contribution in [2.45, 2.75) is 12.8 Å². The Kier molecular flexibility index (Phi) is 7.23. The zero-order valence-corrected chi connectivity index (χ0v) is 31.9. The van der Waals surface area contributed by atoms with E-state index in [1.165, 1.54) is 75.4 Å². The fraction of sp³-hybridized carbons (Fsp3) is 0.0377. The van der Waals surface area contributed by atoms with E-state index < -0.39 is 0 Å². The zero-order valence-electron chi connectivity index (χ0n) is 31.1. The number of rotatable bonds is 5. The third-order valence-corrected chi connectivity index (χ3v) is 13.0. The first-order valence-corrected chi connectivity index (χ1v) is 20.5. The van der Waals surface area contributed by atoms with Crippen molar-refractivity contribution in [3.63, 3.8) is 0 Å². The largest absolute Gasteiger partial charge is 0.309 e. The summed E-state index contributed by atoms with van der Waals surface area (Å²) in [6.07, 6.45) is 6.79. The molecule has 0 spiro atoms. The minimum absolute atomic E-state index is 0.938. The Bertz CT molecular complexity index is 3370. The number of hydrogen-bond donors (Lipinski definition) is 0. The van der Waals surface area contributed by atoms with Crippen molar-refractivity contribution in [3.8, 4) is 45.0 Å². The molecule has 4 heteroatoms. The smallest absolute Gasteiger partial charge is 0.145 e. The van der Waals surface area contributed by atoms with Gasteiger partial charge in [-0.1, -0.05) is 115 Å². The van der Waals surface area contributed by atoms with Crippen molar-refractivity contribution in [1.29, 1.82) is 0 Å². The highest BCUT2D eigenvalue weighted by atomic mass is 32.1. The molecule has 268 valence electrons. The number of allylic oxidation sites excluding steroid dienone is 1. The third kappa shape index (κ3) is 5.01. The van der Waals surface area contributed by atoms with Gasteiger partial charge in [-0.15, -0.1) is 11.3 Å². The molecule has 0 saturated carbocycles. The molecule has 0 unspecified atom stereocenters. The number of aryl methyl sites for hydroxylation is 1. The summed E-state index contributed by atoms with van der Waals surface area (Å²) in [6, 6.07) is 63.8. The van der Waals surface area contributed by atoms with E-state index in [1.807, 2.05) is 11.3 Å². The van der Waals surface area contributed by atoms with E-state index in [9.17, 15) is 0 Å². The third-order valence-electron chi connectivity index (χ3n) is 11.8. The van der Waals surface area contributed by atoms with E-state index in [0.717, 1.165) is 46.6 Å². The van der Waals surface area contributed by atoms with E-state index in [4.69, 9.17) is 4.98 Å². The van der Waals surface area contributed by atoms with Crippen molar-refractivity contribution >= 4 is 70.4 Å². The SMILES string of the molecule is C1=Cc2c(c3c(c4cc(-c5ccccc5)ccc4n3-c3ccc(-c4nc5ccccc5n4-c4ccccc4)cc3)c3sc4ccc(-c5ccccc5)cc4c23)CC1. The summed E-state index contributed by atoms with van der Waals surface area (Å²) in [7, 11) is 0. The van der Waals surface area contributed by atoms with Crippen LogP contribution in [0, 0.1) is 0 Å². The van der Waals surface area contributed by atoms with Gasteiger partial charge in [-0.25, -0.2) is 4.98 Å². The highest BCUT2D eigenvalue weighted by Gasteiger charge is 2.26. The highest BCUT2D eigenvalue weighted by molar-refractivity contribution is 7.27. The van der Waals surface area contributed by atoms with Crippen LogP contribution in [0.1, 0.15) is 17.5 Å². The Morgan fingerprint density at radius 1 is 0.491 bits per heavy atom. The first-order chi connectivity index (χ1) is 28.3. The molecule has 0 atom stereocenters. The zero-order chi connectivity index (χ0) is 37.5. The molecule has 0 saturated heterocycles. The summed E-state index contributed by atoms with van der Waals surface area (Å²) in [5.41, 5.74) is 15.7. The molecule has 12 rings (SSSR count). The van der Waals surface area contributed by atoms with Gasteiger partial charge in [-0.2, -0.15) is 0 Å². The quantitative estimate of drug-likeness (QED) is 0.172. The minimum Gasteiger partial charge on any atom is -0.309 e. The fourth-order valence-corrected chi connectivity index (χ4v) is 10.5. The van der Waals surface area contributed by atoms with Gasteiger partial charge in [0.15, 0.2) is 0 Å². The summed E-state index contributed by atoms with van der Waals surface area (Å²) in [5, 5.41) is 5.36. The van der Waals surface area contributed by atoms with Crippen LogP contribution < -0.4 is 0 Å². The van der Waals surface area contributed by atoms with Gasteiger partial charge in [0.2, 0.25) is 0 Å². The molecule has 8 aromatic carbocycles. The number of hydrogen-bond acceptors (Lipinski definition) is 2. The van der Waals surface area contributed by atoms with Gasteiger partial charge in [0, 0.05) is 47.9 Å². The van der Waals surface area contributed by atoms with Crippen molar-refractivity contribution < 1.29 is 0 Å². The van der Waals surface area contributed by atoms with E-state index in [1.54, 1.807) is 0 Å². The van der Waals surface area contributed by atoms with Crippen molar-refractivity contribution in [2.75, 3.05) is 0 Å². The Hall–Kier alpha value is -7.01. The molecule has 1 aliphatic carbocycles. The highest BCUT2D eigenvalue weighted by Crippen LogP contribution is 2.49. The lowest BCUT2D eigenvalue weighted by Gasteiger charge is -2.18. The van der Waals surface area contributed by atoms with Crippen LogP contribution in [0.5, 0.6) is 0 Å². The van der Waals surface area contributed by atoms with Gasteiger partial charge in [-0.3, -0.25) is 4.57 Å². The molecule has 3 aromatic heterocycles. The average molecular weight is 746 g/mol. The molecule has 3 heterocycles. The summed E-state index contributed by atoms with van der Waals surface area (Å²) in [6.45, 7) is 0. The summed E-state index contributed by atoms with van der Waals surface area (Å²) in [4.78, 5) is 5.18. The second-order valence-electron chi connectivity index (χ2n) is 15.0. The molecular formula is C53H35N3S. The second-order valence-corrected chi connectivity index (χ2v) is 16.1. The monoisotopic (exact) mass is 745 g/mol. The predicted octanol–water partition coefficient (Wildman–Crippen LogP) is 14.5. The lowest BCUT2D eigenvalue weighted by molar-refractivity contribution is 0.988. The molecule has 0 aliphatic heterocycles. The number of imidazole rings is 1. The first kappa shape index (κ1) is 32.3. The number of nitrogens with zero attached hydrogens (tertiary/aromatic N) is 3. The maximum Gasteiger partial charge on any atom is 0.145 e. The summed E-state index contributed by atoms with van der Waals surface area (Å²) >= 11 is 1.94. The topological polar surface area (TPSA) is 22.8 Å². The Morgan fingerprint density at radius 2 is 1.12 bits per heavy atom. The summed E-state index contributed by atoms with van der Waals surface area (Å²) < 4.78 is 7.50. The first-order valence-electron chi connectivity index (χ1n) is 19.7. The van der Waals surface area contributed by atoms with Crippen molar-refractivity contribution in [3.05, 3.63) is 193 Å². The lowest BCUT2D eigenvalue weighted by Crippen LogP contribution is -2.02. The van der Waals surface area contributed by atoms with Gasteiger partial charge < -0.3 is 4.57 Å². The van der Waals surface area contributed by atoms with Gasteiger partial charge in [0.1, 0.15) is 5.82 Å². The fourth-order valence-electron chi connectivity index (χ4n) is 9.20. The normalized spacial score (nSPS) is 12.7. The molecule has 0 fully saturated rings.